The van der Waals surface area contributed by atoms with Crippen LogP contribution in [0.1, 0.15) is 26.7 Å². The second-order valence-corrected chi connectivity index (χ2v) is 9.88. The minimum Gasteiger partial charge on any atom is -0.477 e. The summed E-state index contributed by atoms with van der Waals surface area (Å²) in [7, 11) is 0. The Hall–Kier alpha value is -1.62. The number of nitrogens with zero attached hydrogens (tertiary/aromatic N) is 2. The van der Waals surface area contributed by atoms with E-state index < -0.39 is 18.0 Å². The van der Waals surface area contributed by atoms with Crippen LogP contribution in [0.5, 0.6) is 0 Å². The zero-order valence-corrected chi connectivity index (χ0v) is 17.4. The van der Waals surface area contributed by atoms with Gasteiger partial charge in [0.2, 0.25) is 11.8 Å². The molecule has 6 unspecified atom stereocenters. The molecule has 0 bridgehead atoms. The number of nitrogens with two attached hydrogens (primary N) is 1. The van der Waals surface area contributed by atoms with Gasteiger partial charge in [-0.3, -0.25) is 9.59 Å². The van der Waals surface area contributed by atoms with Crippen molar-refractivity contribution in [3.63, 3.8) is 0 Å². The summed E-state index contributed by atoms with van der Waals surface area (Å²) in [6, 6.07) is -0.557. The van der Waals surface area contributed by atoms with E-state index in [0.717, 1.165) is 6.42 Å². The number of likely N-dealkylation sites (tertiary alicyclic amines) is 1. The summed E-state index contributed by atoms with van der Waals surface area (Å²) in [4.78, 5) is 40.8. The first kappa shape index (κ1) is 20.6. The molecule has 0 aromatic heterocycles. The molecular formula is C19H28N4O5S. The fourth-order valence-electron chi connectivity index (χ4n) is 5.05. The standard InChI is InChI=1S/C19H28N4O5S/c1-8-14-13(9(2)24)18(26)23(14)15(19(27)28)16(8)29-11-5-12(21-6-11)17(25)22-4-3-10(20)7-22/h8-14,21,24H,3-7,20H2,1-2H3,(H,27,28)/t8?,9?,10?,11?,12?,13?,14-/m0/s1. The number of aliphatic carboxylic acids is 1. The quantitative estimate of drug-likeness (QED) is 0.420. The number of fused-ring (bicyclic) bond motifs is 1. The molecule has 3 saturated heterocycles. The van der Waals surface area contributed by atoms with E-state index in [9.17, 15) is 24.6 Å². The van der Waals surface area contributed by atoms with Gasteiger partial charge >= 0.3 is 5.97 Å². The van der Waals surface area contributed by atoms with Crippen LogP contribution in [0, 0.1) is 11.8 Å². The maximum absolute atomic E-state index is 12.7. The van der Waals surface area contributed by atoms with Gasteiger partial charge in [-0.1, -0.05) is 6.92 Å². The van der Waals surface area contributed by atoms with Gasteiger partial charge in [0.25, 0.3) is 0 Å². The van der Waals surface area contributed by atoms with E-state index in [1.165, 1.54) is 16.7 Å². The minimum atomic E-state index is -1.12. The highest BCUT2D eigenvalue weighted by molar-refractivity contribution is 8.03. The van der Waals surface area contributed by atoms with E-state index in [1.54, 1.807) is 11.8 Å². The topological polar surface area (TPSA) is 136 Å². The molecule has 5 N–H and O–H groups in total. The first-order valence-electron chi connectivity index (χ1n) is 10.1. The van der Waals surface area contributed by atoms with Crippen molar-refractivity contribution in [2.75, 3.05) is 19.6 Å². The number of β-lactam (4-membered cyclic amide) rings is 1. The molecule has 4 aliphatic rings. The van der Waals surface area contributed by atoms with E-state index >= 15 is 0 Å². The highest BCUT2D eigenvalue weighted by Crippen LogP contribution is 2.51. The molecule has 0 aromatic rings. The van der Waals surface area contributed by atoms with E-state index in [-0.39, 0.29) is 46.8 Å². The summed E-state index contributed by atoms with van der Waals surface area (Å²) in [5, 5.41) is 23.0. The van der Waals surface area contributed by atoms with Crippen LogP contribution in [0.25, 0.3) is 0 Å². The molecule has 3 fully saturated rings. The normalized spacial score (nSPS) is 37.7. The number of carbonyl (C=O) groups excluding carboxylic acids is 2. The van der Waals surface area contributed by atoms with Crippen LogP contribution in [-0.4, -0.2) is 86.9 Å². The summed E-state index contributed by atoms with van der Waals surface area (Å²) >= 11 is 1.45. The Morgan fingerprint density at radius 3 is 2.69 bits per heavy atom. The Morgan fingerprint density at radius 1 is 1.38 bits per heavy atom. The number of carbonyl (C=O) groups is 3. The smallest absolute Gasteiger partial charge is 0.353 e. The van der Waals surface area contributed by atoms with Crippen LogP contribution in [0.15, 0.2) is 10.6 Å². The second kappa shape index (κ2) is 7.57. The molecule has 9 nitrogen and oxygen atoms in total. The third-order valence-electron chi connectivity index (χ3n) is 6.53. The Kier molecular flexibility index (Phi) is 5.39. The summed E-state index contributed by atoms with van der Waals surface area (Å²) in [6.45, 7) is 5.34. The van der Waals surface area contributed by atoms with Crippen molar-refractivity contribution in [2.24, 2.45) is 17.6 Å². The van der Waals surface area contributed by atoms with E-state index in [4.69, 9.17) is 5.73 Å². The van der Waals surface area contributed by atoms with Crippen molar-refractivity contribution in [1.29, 1.82) is 0 Å². The van der Waals surface area contributed by atoms with Crippen molar-refractivity contribution in [1.82, 2.24) is 15.1 Å². The molecule has 0 radical (unpaired) electrons. The fraction of sp³-hybridized carbons (Fsp3) is 0.737. The van der Waals surface area contributed by atoms with Crippen LogP contribution >= 0.6 is 11.8 Å². The summed E-state index contributed by atoms with van der Waals surface area (Å²) < 4.78 is 0. The number of hydrogen-bond donors (Lipinski definition) is 4. The lowest BCUT2D eigenvalue weighted by Gasteiger charge is -2.46. The molecule has 4 heterocycles. The summed E-state index contributed by atoms with van der Waals surface area (Å²) in [6.07, 6.45) is 0.614. The number of thioether (sulfide) groups is 1. The van der Waals surface area contributed by atoms with Crippen molar-refractivity contribution < 1.29 is 24.6 Å². The van der Waals surface area contributed by atoms with Gasteiger partial charge in [0.05, 0.1) is 24.1 Å². The maximum Gasteiger partial charge on any atom is 0.353 e. The predicted molar refractivity (Wildman–Crippen MR) is 107 cm³/mol. The van der Waals surface area contributed by atoms with Crippen molar-refractivity contribution in [3.8, 4) is 0 Å². The van der Waals surface area contributed by atoms with E-state index in [0.29, 0.717) is 31.0 Å². The lowest BCUT2D eigenvalue weighted by molar-refractivity contribution is -0.163. The van der Waals surface area contributed by atoms with Gasteiger partial charge in [0.15, 0.2) is 0 Å². The van der Waals surface area contributed by atoms with Gasteiger partial charge in [0, 0.05) is 41.7 Å². The Bertz CT molecular complexity index is 772. The number of carboxylic acids is 1. The van der Waals surface area contributed by atoms with Crippen molar-refractivity contribution in [3.05, 3.63) is 10.6 Å². The minimum absolute atomic E-state index is 0.0368. The number of rotatable bonds is 5. The first-order valence-corrected chi connectivity index (χ1v) is 11.0. The monoisotopic (exact) mass is 424 g/mol. The molecular weight excluding hydrogens is 396 g/mol. The Morgan fingerprint density at radius 2 is 2.10 bits per heavy atom. The average Bonchev–Trinajstić information content (AvgIpc) is 3.33. The van der Waals surface area contributed by atoms with E-state index in [1.807, 2.05) is 6.92 Å². The molecule has 29 heavy (non-hydrogen) atoms. The van der Waals surface area contributed by atoms with E-state index in [2.05, 4.69) is 5.32 Å². The van der Waals surface area contributed by atoms with Crippen LogP contribution in [0.4, 0.5) is 0 Å². The van der Waals surface area contributed by atoms with Gasteiger partial charge < -0.3 is 31.1 Å². The number of hydrogen-bond acceptors (Lipinski definition) is 7. The predicted octanol–water partition coefficient (Wildman–Crippen LogP) is -0.837. The molecule has 4 rings (SSSR count). The number of nitrogens with one attached hydrogen (secondary N) is 1. The Labute approximate surface area is 173 Å². The molecule has 0 spiro atoms. The zero-order valence-electron chi connectivity index (χ0n) is 16.6. The van der Waals surface area contributed by atoms with Gasteiger partial charge in [-0.2, -0.15) is 0 Å². The number of aliphatic hydroxyl groups excluding tert-OH is 1. The highest BCUT2D eigenvalue weighted by atomic mass is 32.2. The third kappa shape index (κ3) is 3.35. The SMILES string of the molecule is CC(O)C1C(=O)N2C(C(=O)O)=C(SC3CNC(C(=O)N4CCC(N)C4)C3)C(C)[C@@H]12. The molecule has 0 saturated carbocycles. The second-order valence-electron chi connectivity index (χ2n) is 8.54. The van der Waals surface area contributed by atoms with Gasteiger partial charge in [-0.25, -0.2) is 4.79 Å². The summed E-state index contributed by atoms with van der Waals surface area (Å²) in [5.41, 5.74) is 5.94. The average molecular weight is 425 g/mol. The van der Waals surface area contributed by atoms with Gasteiger partial charge in [-0.05, 0) is 19.8 Å². The van der Waals surface area contributed by atoms with Crippen molar-refractivity contribution >= 4 is 29.5 Å². The molecule has 0 aromatic carbocycles. The summed E-state index contributed by atoms with van der Waals surface area (Å²) in [5.74, 6) is -2.11. The number of amides is 2. The Balaban J connectivity index is 1.46. The fourth-order valence-corrected chi connectivity index (χ4v) is 6.53. The third-order valence-corrected chi connectivity index (χ3v) is 8.04. The number of aliphatic hydroxyl groups is 1. The highest BCUT2D eigenvalue weighted by Gasteiger charge is 2.60. The van der Waals surface area contributed by atoms with Gasteiger partial charge in [0.1, 0.15) is 5.70 Å². The van der Waals surface area contributed by atoms with Crippen molar-refractivity contribution in [2.45, 2.75) is 56.2 Å². The molecule has 0 aliphatic carbocycles. The molecule has 10 heteroatoms. The maximum atomic E-state index is 12.7. The van der Waals surface area contributed by atoms with Crippen LogP contribution in [-0.2, 0) is 14.4 Å². The molecule has 7 atom stereocenters. The number of carboxylic acid groups (broad SMARTS) is 1. The molecule has 2 amide bonds. The zero-order chi connectivity index (χ0) is 21.0. The largest absolute Gasteiger partial charge is 0.477 e. The van der Waals surface area contributed by atoms with Gasteiger partial charge in [-0.15, -0.1) is 11.8 Å². The first-order chi connectivity index (χ1) is 13.7. The molecule has 160 valence electrons. The lowest BCUT2D eigenvalue weighted by atomic mass is 9.79. The van der Waals surface area contributed by atoms with Crippen LogP contribution < -0.4 is 11.1 Å². The lowest BCUT2D eigenvalue weighted by Crippen LogP contribution is -2.63. The van der Waals surface area contributed by atoms with Crippen LogP contribution in [0.3, 0.4) is 0 Å². The van der Waals surface area contributed by atoms with Crippen LogP contribution in [0.2, 0.25) is 0 Å². The molecule has 4 aliphatic heterocycles.